The molecule has 1 aromatic heterocycles. The van der Waals surface area contributed by atoms with E-state index >= 15 is 0 Å². The Bertz CT molecular complexity index is 846. The number of aryl methyl sites for hydroxylation is 2. The van der Waals surface area contributed by atoms with Gasteiger partial charge in [-0.2, -0.15) is 0 Å². The van der Waals surface area contributed by atoms with Gasteiger partial charge in [0.05, 0.1) is 12.2 Å². The lowest BCUT2D eigenvalue weighted by atomic mass is 10.1. The number of aromatic amines is 1. The summed E-state index contributed by atoms with van der Waals surface area (Å²) in [5.41, 5.74) is 1.99. The average molecular weight is 343 g/mol. The molecule has 7 heteroatoms. The number of aromatic nitrogens is 2. The average Bonchev–Trinajstić information content (AvgIpc) is 2.59. The predicted molar refractivity (Wildman–Crippen MR) is 91.4 cm³/mol. The fourth-order valence-electron chi connectivity index (χ4n) is 2.92. The molecule has 1 aliphatic heterocycles. The van der Waals surface area contributed by atoms with Gasteiger partial charge in [-0.05, 0) is 31.9 Å². The number of fused-ring (bicyclic) bond motifs is 1. The van der Waals surface area contributed by atoms with E-state index in [-0.39, 0.29) is 18.7 Å². The molecule has 0 fully saturated rings. The van der Waals surface area contributed by atoms with E-state index in [1.807, 2.05) is 25.1 Å². The minimum atomic E-state index is -1.26. The highest BCUT2D eigenvalue weighted by Gasteiger charge is 2.28. The number of aliphatic hydroxyl groups excluding tert-OH is 1. The zero-order chi connectivity index (χ0) is 18.0. The maximum Gasteiger partial charge on any atom is 0.255 e. The van der Waals surface area contributed by atoms with Crippen LogP contribution in [0.15, 0.2) is 29.1 Å². The standard InChI is InChI=1S/C18H21N3O4/c1-11-5-3-4-6-16(11)25-10-15(22)18(24)21-8-7-13-14(9-21)19-12(2)20-17(13)23/h3-6,15,22H,7-10H2,1-2H3,(H,19,20,23)/t15-/m1/s1. The van der Waals surface area contributed by atoms with Crippen molar-refractivity contribution in [2.75, 3.05) is 13.2 Å². The van der Waals surface area contributed by atoms with Crippen LogP contribution in [-0.2, 0) is 17.8 Å². The highest BCUT2D eigenvalue weighted by atomic mass is 16.5. The van der Waals surface area contributed by atoms with Crippen LogP contribution in [0.4, 0.5) is 0 Å². The normalized spacial score (nSPS) is 14.8. The van der Waals surface area contributed by atoms with Gasteiger partial charge in [-0.15, -0.1) is 0 Å². The number of hydrogen-bond acceptors (Lipinski definition) is 5. The first-order chi connectivity index (χ1) is 12.0. The number of nitrogens with one attached hydrogen (secondary N) is 1. The van der Waals surface area contributed by atoms with Crippen molar-refractivity contribution >= 4 is 5.91 Å². The zero-order valence-electron chi connectivity index (χ0n) is 14.3. The van der Waals surface area contributed by atoms with E-state index in [2.05, 4.69) is 9.97 Å². The first-order valence-corrected chi connectivity index (χ1v) is 8.19. The molecule has 0 saturated heterocycles. The van der Waals surface area contributed by atoms with Crippen LogP contribution in [-0.4, -0.2) is 45.1 Å². The smallest absolute Gasteiger partial charge is 0.255 e. The summed E-state index contributed by atoms with van der Waals surface area (Å²) in [6.07, 6.45) is -0.834. The van der Waals surface area contributed by atoms with Gasteiger partial charge in [0.1, 0.15) is 18.2 Å². The lowest BCUT2D eigenvalue weighted by molar-refractivity contribution is -0.142. The van der Waals surface area contributed by atoms with Crippen molar-refractivity contribution in [2.24, 2.45) is 0 Å². The van der Waals surface area contributed by atoms with Gasteiger partial charge in [0.15, 0.2) is 6.10 Å². The van der Waals surface area contributed by atoms with Gasteiger partial charge in [0, 0.05) is 12.1 Å². The molecule has 0 saturated carbocycles. The Balaban J connectivity index is 1.65. The number of carbonyl (C=O) groups excluding carboxylic acids is 1. The number of amides is 1. The van der Waals surface area contributed by atoms with Gasteiger partial charge in [0.25, 0.3) is 11.5 Å². The fourth-order valence-corrected chi connectivity index (χ4v) is 2.92. The molecule has 2 N–H and O–H groups in total. The summed E-state index contributed by atoms with van der Waals surface area (Å²) >= 11 is 0. The summed E-state index contributed by atoms with van der Waals surface area (Å²) in [5, 5.41) is 10.2. The molecule has 0 bridgehead atoms. The Morgan fingerprint density at radius 2 is 2.16 bits per heavy atom. The molecular weight excluding hydrogens is 322 g/mol. The van der Waals surface area contributed by atoms with Crippen LogP contribution in [0.25, 0.3) is 0 Å². The fraction of sp³-hybridized carbons (Fsp3) is 0.389. The van der Waals surface area contributed by atoms with Gasteiger partial charge in [0.2, 0.25) is 0 Å². The van der Waals surface area contributed by atoms with Crippen molar-refractivity contribution in [3.8, 4) is 5.75 Å². The summed E-state index contributed by atoms with van der Waals surface area (Å²) in [4.78, 5) is 32.9. The molecule has 0 unspecified atom stereocenters. The molecule has 1 aromatic carbocycles. The van der Waals surface area contributed by atoms with Gasteiger partial charge < -0.3 is 19.7 Å². The van der Waals surface area contributed by atoms with Gasteiger partial charge in [-0.25, -0.2) is 4.98 Å². The number of rotatable bonds is 4. The van der Waals surface area contributed by atoms with E-state index in [0.717, 1.165) is 5.56 Å². The number of nitrogens with zero attached hydrogens (tertiary/aromatic N) is 2. The zero-order valence-corrected chi connectivity index (χ0v) is 14.3. The minimum Gasteiger partial charge on any atom is -0.490 e. The summed E-state index contributed by atoms with van der Waals surface area (Å²) < 4.78 is 5.55. The monoisotopic (exact) mass is 343 g/mol. The molecule has 2 aromatic rings. The van der Waals surface area contributed by atoms with Crippen molar-refractivity contribution < 1.29 is 14.6 Å². The van der Waals surface area contributed by atoms with Crippen LogP contribution >= 0.6 is 0 Å². The van der Waals surface area contributed by atoms with Crippen molar-refractivity contribution in [3.63, 3.8) is 0 Å². The Kier molecular flexibility index (Phi) is 4.85. The molecular formula is C18H21N3O4. The summed E-state index contributed by atoms with van der Waals surface area (Å²) in [5.74, 6) is 0.739. The van der Waals surface area contributed by atoms with Crippen molar-refractivity contribution in [1.29, 1.82) is 0 Å². The lowest BCUT2D eigenvalue weighted by Gasteiger charge is -2.29. The molecule has 0 aliphatic carbocycles. The molecule has 1 aliphatic rings. The second-order valence-corrected chi connectivity index (χ2v) is 6.18. The second kappa shape index (κ2) is 7.06. The quantitative estimate of drug-likeness (QED) is 0.852. The van der Waals surface area contributed by atoms with E-state index in [9.17, 15) is 14.7 Å². The Morgan fingerprint density at radius 3 is 2.92 bits per heavy atom. The van der Waals surface area contributed by atoms with E-state index in [1.54, 1.807) is 13.0 Å². The van der Waals surface area contributed by atoms with Crippen LogP contribution < -0.4 is 10.3 Å². The number of benzene rings is 1. The number of para-hydroxylation sites is 1. The number of hydrogen-bond donors (Lipinski definition) is 2. The van der Waals surface area contributed by atoms with Gasteiger partial charge in [-0.3, -0.25) is 9.59 Å². The molecule has 25 heavy (non-hydrogen) atoms. The molecule has 132 valence electrons. The predicted octanol–water partition coefficient (Wildman–Crippen LogP) is 0.711. The third kappa shape index (κ3) is 3.71. The number of aliphatic hydroxyl groups is 1. The second-order valence-electron chi connectivity index (χ2n) is 6.18. The van der Waals surface area contributed by atoms with E-state index in [4.69, 9.17) is 4.74 Å². The third-order valence-electron chi connectivity index (χ3n) is 4.28. The molecule has 1 amide bonds. The molecule has 2 heterocycles. The SMILES string of the molecule is Cc1nc2c(c(=O)[nH]1)CCN(C(=O)[C@H](O)COc1ccccc1C)C2. The van der Waals surface area contributed by atoms with Crippen LogP contribution in [0.2, 0.25) is 0 Å². The number of ether oxygens (including phenoxy) is 1. The van der Waals surface area contributed by atoms with E-state index < -0.39 is 12.0 Å². The first kappa shape index (κ1) is 17.2. The highest BCUT2D eigenvalue weighted by molar-refractivity contribution is 5.81. The summed E-state index contributed by atoms with van der Waals surface area (Å²) in [6, 6.07) is 7.43. The van der Waals surface area contributed by atoms with E-state index in [0.29, 0.717) is 35.8 Å². The Labute approximate surface area is 145 Å². The number of H-pyrrole nitrogens is 1. The lowest BCUT2D eigenvalue weighted by Crippen LogP contribution is -2.45. The molecule has 0 radical (unpaired) electrons. The summed E-state index contributed by atoms with van der Waals surface area (Å²) in [6.45, 7) is 4.08. The highest BCUT2D eigenvalue weighted by Crippen LogP contribution is 2.18. The molecule has 7 nitrogen and oxygen atoms in total. The van der Waals surface area contributed by atoms with Crippen LogP contribution in [0.5, 0.6) is 5.75 Å². The van der Waals surface area contributed by atoms with E-state index in [1.165, 1.54) is 4.90 Å². The van der Waals surface area contributed by atoms with Crippen LogP contribution in [0.1, 0.15) is 22.6 Å². The summed E-state index contributed by atoms with van der Waals surface area (Å²) in [7, 11) is 0. The molecule has 1 atom stereocenters. The molecule has 3 rings (SSSR count). The molecule has 0 spiro atoms. The Morgan fingerprint density at radius 1 is 1.40 bits per heavy atom. The minimum absolute atomic E-state index is 0.116. The van der Waals surface area contributed by atoms with Gasteiger partial charge in [-0.1, -0.05) is 18.2 Å². The van der Waals surface area contributed by atoms with Crippen molar-refractivity contribution in [2.45, 2.75) is 32.9 Å². The van der Waals surface area contributed by atoms with Crippen molar-refractivity contribution in [1.82, 2.24) is 14.9 Å². The van der Waals surface area contributed by atoms with Crippen LogP contribution in [0.3, 0.4) is 0 Å². The first-order valence-electron chi connectivity index (χ1n) is 8.19. The van der Waals surface area contributed by atoms with Crippen molar-refractivity contribution in [3.05, 3.63) is 57.3 Å². The topological polar surface area (TPSA) is 95.5 Å². The van der Waals surface area contributed by atoms with Gasteiger partial charge >= 0.3 is 0 Å². The largest absolute Gasteiger partial charge is 0.490 e. The third-order valence-corrected chi connectivity index (χ3v) is 4.28. The number of carbonyl (C=O) groups is 1. The maximum atomic E-state index is 12.5. The Hall–Kier alpha value is -2.67. The van der Waals surface area contributed by atoms with Crippen LogP contribution in [0, 0.1) is 13.8 Å². The maximum absolute atomic E-state index is 12.5.